The predicted molar refractivity (Wildman–Crippen MR) is 57.4 cm³/mol. The maximum atomic E-state index is 3.52. The van der Waals surface area contributed by atoms with Gasteiger partial charge in [0.2, 0.25) is 0 Å². The molecule has 56 valence electrons. The van der Waals surface area contributed by atoms with Gasteiger partial charge in [-0.1, -0.05) is 70.6 Å². The van der Waals surface area contributed by atoms with Crippen molar-refractivity contribution in [2.45, 2.75) is 26.7 Å². The topological polar surface area (TPSA) is 0 Å². The molecule has 0 N–H and O–H groups in total. The van der Waals surface area contributed by atoms with E-state index < -0.39 is 0 Å². The third kappa shape index (κ3) is 6.32. The van der Waals surface area contributed by atoms with Crippen molar-refractivity contribution in [3.8, 4) is 0 Å². The first kappa shape index (κ1) is 10.9. The summed E-state index contributed by atoms with van der Waals surface area (Å²) >= 11 is 13.8. The molecule has 0 nitrogen and oxygen atoms in total. The molecule has 2 unspecified atom stereocenters. The summed E-state index contributed by atoms with van der Waals surface area (Å²) in [5.74, 6) is 0. The van der Waals surface area contributed by atoms with E-state index in [0.29, 0.717) is 13.4 Å². The van der Waals surface area contributed by atoms with Crippen LogP contribution in [0.5, 0.6) is 0 Å². The minimum Gasteiger partial charge on any atom is -0.0893 e. The minimum atomic E-state index is 0.366. The van der Waals surface area contributed by atoms with Gasteiger partial charge in [-0.15, -0.1) is 0 Å². The molecule has 4 heteroatoms. The third-order valence-electron chi connectivity index (χ3n) is 0.823. The Hall–Kier alpha value is 1.92. The van der Waals surface area contributed by atoms with Gasteiger partial charge in [-0.3, -0.25) is 0 Å². The molecule has 0 rings (SSSR count). The molecular weight excluding hydrogens is 380 g/mol. The van der Waals surface area contributed by atoms with E-state index in [0.717, 1.165) is 6.42 Å². The van der Waals surface area contributed by atoms with Crippen LogP contribution in [0.1, 0.15) is 13.3 Å². The van der Waals surface area contributed by atoms with E-state index in [2.05, 4.69) is 70.6 Å². The summed E-state index contributed by atoms with van der Waals surface area (Å²) in [6.07, 6.45) is 1.11. The Balaban J connectivity index is 3.38. The standard InChI is InChI=1S/C5H8Br4/c1-3(6)2-4(7)5(8)9/h3-5H,2H2,1H3. The molecule has 2 atom stereocenters. The van der Waals surface area contributed by atoms with Gasteiger partial charge < -0.3 is 0 Å². The average molecular weight is 388 g/mol. The van der Waals surface area contributed by atoms with E-state index in [1.54, 1.807) is 0 Å². The van der Waals surface area contributed by atoms with Crippen LogP contribution < -0.4 is 0 Å². The molecule has 0 aliphatic heterocycles. The van der Waals surface area contributed by atoms with Crippen molar-refractivity contribution < 1.29 is 0 Å². The molecule has 0 aromatic carbocycles. The van der Waals surface area contributed by atoms with Crippen LogP contribution in [0.15, 0.2) is 0 Å². The lowest BCUT2D eigenvalue weighted by atomic mass is 10.3. The lowest BCUT2D eigenvalue weighted by Gasteiger charge is -2.11. The van der Waals surface area contributed by atoms with Crippen molar-refractivity contribution in [2.75, 3.05) is 0 Å². The molecular formula is C5H8Br4. The monoisotopic (exact) mass is 384 g/mol. The summed E-state index contributed by atoms with van der Waals surface area (Å²) in [7, 11) is 0. The smallest absolute Gasteiger partial charge is 0.0822 e. The van der Waals surface area contributed by atoms with Crippen LogP contribution in [-0.2, 0) is 0 Å². The van der Waals surface area contributed by atoms with Crippen LogP contribution in [0, 0.1) is 0 Å². The Morgan fingerprint density at radius 3 is 1.67 bits per heavy atom. The van der Waals surface area contributed by atoms with E-state index in [9.17, 15) is 0 Å². The molecule has 0 aromatic heterocycles. The molecule has 0 amide bonds. The fraction of sp³-hybridized carbons (Fsp3) is 1.00. The maximum Gasteiger partial charge on any atom is 0.0822 e. The molecule has 9 heavy (non-hydrogen) atoms. The number of alkyl halides is 4. The Kier molecular flexibility index (Phi) is 6.74. The predicted octanol–water partition coefficient (Wildman–Crippen LogP) is 4.04. The number of hydrogen-bond donors (Lipinski definition) is 0. The van der Waals surface area contributed by atoms with Crippen LogP contribution in [-0.4, -0.2) is 13.4 Å². The van der Waals surface area contributed by atoms with E-state index in [4.69, 9.17) is 0 Å². The Labute approximate surface area is 89.7 Å². The van der Waals surface area contributed by atoms with Gasteiger partial charge >= 0.3 is 0 Å². The van der Waals surface area contributed by atoms with Gasteiger partial charge in [0.1, 0.15) is 0 Å². The van der Waals surface area contributed by atoms with Gasteiger partial charge in [0.25, 0.3) is 0 Å². The van der Waals surface area contributed by atoms with E-state index in [-0.39, 0.29) is 0 Å². The molecule has 0 radical (unpaired) electrons. The highest BCUT2D eigenvalue weighted by atomic mass is 79.9. The van der Waals surface area contributed by atoms with Gasteiger partial charge in [0.05, 0.1) is 3.74 Å². The summed E-state index contributed by atoms with van der Waals surface area (Å²) in [5, 5.41) is 0. The average Bonchev–Trinajstić information content (AvgIpc) is 1.63. The van der Waals surface area contributed by atoms with Gasteiger partial charge in [-0.25, -0.2) is 0 Å². The first-order valence-corrected chi connectivity index (χ1v) is 6.26. The Bertz CT molecular complexity index is 71.4. The van der Waals surface area contributed by atoms with Crippen molar-refractivity contribution in [1.82, 2.24) is 0 Å². The van der Waals surface area contributed by atoms with Crippen LogP contribution in [0.2, 0.25) is 0 Å². The molecule has 0 spiro atoms. The highest BCUT2D eigenvalue weighted by Gasteiger charge is 2.13. The van der Waals surface area contributed by atoms with Crippen molar-refractivity contribution in [3.05, 3.63) is 0 Å². The van der Waals surface area contributed by atoms with Crippen LogP contribution >= 0.6 is 63.7 Å². The van der Waals surface area contributed by atoms with Gasteiger partial charge in [-0.05, 0) is 6.42 Å². The van der Waals surface area contributed by atoms with E-state index in [1.807, 2.05) is 0 Å². The zero-order valence-electron chi connectivity index (χ0n) is 4.95. The molecule has 0 aliphatic rings. The molecule has 0 aliphatic carbocycles. The second kappa shape index (κ2) is 5.56. The fourth-order valence-electron chi connectivity index (χ4n) is 0.413. The number of rotatable bonds is 3. The van der Waals surface area contributed by atoms with Crippen LogP contribution in [0.25, 0.3) is 0 Å². The third-order valence-corrected chi connectivity index (χ3v) is 4.79. The van der Waals surface area contributed by atoms with Crippen molar-refractivity contribution in [1.29, 1.82) is 0 Å². The maximum absolute atomic E-state index is 3.52. The van der Waals surface area contributed by atoms with Crippen molar-refractivity contribution in [3.63, 3.8) is 0 Å². The first-order chi connectivity index (χ1) is 4.04. The molecule has 0 bridgehead atoms. The van der Waals surface area contributed by atoms with Gasteiger partial charge in [0, 0.05) is 9.65 Å². The highest BCUT2D eigenvalue weighted by Crippen LogP contribution is 2.25. The zero-order chi connectivity index (χ0) is 7.44. The second-order valence-electron chi connectivity index (χ2n) is 1.87. The lowest BCUT2D eigenvalue weighted by Crippen LogP contribution is -2.10. The number of halogens is 4. The molecule has 0 fully saturated rings. The van der Waals surface area contributed by atoms with Crippen molar-refractivity contribution in [2.24, 2.45) is 0 Å². The Morgan fingerprint density at radius 1 is 1.11 bits per heavy atom. The number of hydrogen-bond acceptors (Lipinski definition) is 0. The summed E-state index contributed by atoms with van der Waals surface area (Å²) in [6, 6.07) is 0. The summed E-state index contributed by atoms with van der Waals surface area (Å²) in [6.45, 7) is 2.14. The minimum absolute atomic E-state index is 0.366. The zero-order valence-corrected chi connectivity index (χ0v) is 11.3. The normalized spacial score (nSPS) is 18.0. The first-order valence-electron chi connectivity index (χ1n) is 2.60. The van der Waals surface area contributed by atoms with Crippen LogP contribution in [0.4, 0.5) is 0 Å². The summed E-state index contributed by atoms with van der Waals surface area (Å²) < 4.78 is 0.366. The quantitative estimate of drug-likeness (QED) is 0.641. The molecule has 0 aromatic rings. The van der Waals surface area contributed by atoms with Crippen LogP contribution in [0.3, 0.4) is 0 Å². The molecule has 0 heterocycles. The van der Waals surface area contributed by atoms with Gasteiger partial charge in [-0.2, -0.15) is 0 Å². The van der Waals surface area contributed by atoms with E-state index in [1.165, 1.54) is 0 Å². The van der Waals surface area contributed by atoms with E-state index >= 15 is 0 Å². The summed E-state index contributed by atoms with van der Waals surface area (Å²) in [5.41, 5.74) is 0. The second-order valence-corrected chi connectivity index (χ2v) is 7.81. The highest BCUT2D eigenvalue weighted by molar-refractivity contribution is 9.25. The van der Waals surface area contributed by atoms with Crippen molar-refractivity contribution >= 4 is 63.7 Å². The molecule has 0 saturated heterocycles. The SMILES string of the molecule is CC(Br)CC(Br)C(Br)Br. The Morgan fingerprint density at radius 2 is 1.56 bits per heavy atom. The summed E-state index contributed by atoms with van der Waals surface area (Å²) in [4.78, 5) is 1.06. The van der Waals surface area contributed by atoms with Gasteiger partial charge in [0.15, 0.2) is 0 Å². The largest absolute Gasteiger partial charge is 0.0893 e. The lowest BCUT2D eigenvalue weighted by molar-refractivity contribution is 0.822. The molecule has 0 saturated carbocycles. The fourth-order valence-corrected chi connectivity index (χ4v) is 2.31.